The molecule has 1 fully saturated rings. The summed E-state index contributed by atoms with van der Waals surface area (Å²) in [5, 5.41) is 8.85. The summed E-state index contributed by atoms with van der Waals surface area (Å²) in [6.07, 6.45) is 1.96. The van der Waals surface area contributed by atoms with Gasteiger partial charge in [-0.3, -0.25) is 0 Å². The standard InChI is InChI=1S/C10H20N4/c1-13(2)5-3-6-14-7-4-10(12,8-11)9-14/h3-7,9,12H2,1-2H3. The van der Waals surface area contributed by atoms with Crippen LogP contribution in [0.5, 0.6) is 0 Å². The summed E-state index contributed by atoms with van der Waals surface area (Å²) >= 11 is 0. The lowest BCUT2D eigenvalue weighted by molar-refractivity contribution is 0.294. The van der Waals surface area contributed by atoms with Gasteiger partial charge in [0, 0.05) is 13.1 Å². The highest BCUT2D eigenvalue weighted by molar-refractivity contribution is 5.10. The molecule has 4 nitrogen and oxygen atoms in total. The number of rotatable bonds is 4. The first-order valence-electron chi connectivity index (χ1n) is 5.13. The van der Waals surface area contributed by atoms with Crippen molar-refractivity contribution in [2.24, 2.45) is 5.73 Å². The molecule has 0 aliphatic carbocycles. The number of hydrogen-bond acceptors (Lipinski definition) is 4. The van der Waals surface area contributed by atoms with E-state index in [9.17, 15) is 0 Å². The Morgan fingerprint density at radius 2 is 2.29 bits per heavy atom. The largest absolute Gasteiger partial charge is 0.312 e. The number of nitrogens with zero attached hydrogens (tertiary/aromatic N) is 3. The van der Waals surface area contributed by atoms with Crippen molar-refractivity contribution in [2.45, 2.75) is 18.4 Å². The second-order valence-corrected chi connectivity index (χ2v) is 4.45. The average Bonchev–Trinajstić information content (AvgIpc) is 2.48. The molecule has 1 aliphatic rings. The zero-order valence-corrected chi connectivity index (χ0v) is 9.16. The quantitative estimate of drug-likeness (QED) is 0.680. The van der Waals surface area contributed by atoms with Gasteiger partial charge in [-0.15, -0.1) is 0 Å². The van der Waals surface area contributed by atoms with Crippen LogP contribution in [0.1, 0.15) is 12.8 Å². The molecular weight excluding hydrogens is 176 g/mol. The van der Waals surface area contributed by atoms with Crippen LogP contribution in [0.2, 0.25) is 0 Å². The fourth-order valence-corrected chi connectivity index (χ4v) is 1.81. The minimum absolute atomic E-state index is 0.585. The van der Waals surface area contributed by atoms with Gasteiger partial charge in [0.25, 0.3) is 0 Å². The first-order chi connectivity index (χ1) is 6.56. The van der Waals surface area contributed by atoms with Crippen LogP contribution in [0, 0.1) is 11.3 Å². The third-order valence-electron chi connectivity index (χ3n) is 2.68. The van der Waals surface area contributed by atoms with E-state index in [4.69, 9.17) is 11.0 Å². The van der Waals surface area contributed by atoms with E-state index in [-0.39, 0.29) is 0 Å². The second kappa shape index (κ2) is 4.74. The monoisotopic (exact) mass is 196 g/mol. The lowest BCUT2D eigenvalue weighted by atomic mass is 10.0. The maximum Gasteiger partial charge on any atom is 0.118 e. The maximum atomic E-state index is 8.85. The molecule has 1 aliphatic heterocycles. The number of nitriles is 1. The summed E-state index contributed by atoms with van der Waals surface area (Å²) in [7, 11) is 4.15. The molecule has 0 radical (unpaired) electrons. The zero-order valence-electron chi connectivity index (χ0n) is 9.16. The predicted molar refractivity (Wildman–Crippen MR) is 56.8 cm³/mol. The Labute approximate surface area is 86.3 Å². The Morgan fingerprint density at radius 1 is 1.57 bits per heavy atom. The van der Waals surface area contributed by atoms with Crippen LogP contribution in [-0.2, 0) is 0 Å². The molecule has 0 saturated carbocycles. The normalized spacial score (nSPS) is 28.2. The van der Waals surface area contributed by atoms with E-state index in [1.807, 2.05) is 0 Å². The molecule has 0 aromatic heterocycles. The summed E-state index contributed by atoms with van der Waals surface area (Å²) in [5.74, 6) is 0. The topological polar surface area (TPSA) is 56.3 Å². The van der Waals surface area contributed by atoms with Gasteiger partial charge in [0.05, 0.1) is 6.07 Å². The molecule has 0 spiro atoms. The number of likely N-dealkylation sites (tertiary alicyclic amines) is 1. The van der Waals surface area contributed by atoms with Crippen LogP contribution in [0.4, 0.5) is 0 Å². The van der Waals surface area contributed by atoms with E-state index in [1.165, 1.54) is 0 Å². The minimum atomic E-state index is -0.585. The van der Waals surface area contributed by atoms with E-state index in [1.54, 1.807) is 0 Å². The molecule has 0 amide bonds. The van der Waals surface area contributed by atoms with Crippen LogP contribution < -0.4 is 5.73 Å². The highest BCUT2D eigenvalue weighted by Gasteiger charge is 2.33. The molecule has 80 valence electrons. The summed E-state index contributed by atoms with van der Waals surface area (Å²) in [6.45, 7) is 3.86. The third-order valence-corrected chi connectivity index (χ3v) is 2.68. The van der Waals surface area contributed by atoms with Gasteiger partial charge in [0.2, 0.25) is 0 Å². The van der Waals surface area contributed by atoms with Crippen molar-refractivity contribution in [3.63, 3.8) is 0 Å². The lowest BCUT2D eigenvalue weighted by Crippen LogP contribution is -2.41. The molecule has 0 bridgehead atoms. The molecule has 2 N–H and O–H groups in total. The summed E-state index contributed by atoms with van der Waals surface area (Å²) in [4.78, 5) is 4.46. The van der Waals surface area contributed by atoms with Gasteiger partial charge < -0.3 is 15.5 Å². The molecule has 0 aromatic rings. The van der Waals surface area contributed by atoms with Crippen molar-refractivity contribution in [1.29, 1.82) is 5.26 Å². The summed E-state index contributed by atoms with van der Waals surface area (Å²) < 4.78 is 0. The van der Waals surface area contributed by atoms with Gasteiger partial charge in [-0.25, -0.2) is 0 Å². The van der Waals surface area contributed by atoms with Gasteiger partial charge in [0.15, 0.2) is 0 Å². The van der Waals surface area contributed by atoms with Crippen LogP contribution in [0.15, 0.2) is 0 Å². The number of hydrogen-bond donors (Lipinski definition) is 1. The van der Waals surface area contributed by atoms with Crippen molar-refractivity contribution in [3.05, 3.63) is 0 Å². The van der Waals surface area contributed by atoms with E-state index >= 15 is 0 Å². The van der Waals surface area contributed by atoms with E-state index < -0.39 is 5.54 Å². The Bertz CT molecular complexity index is 221. The van der Waals surface area contributed by atoms with Gasteiger partial charge in [-0.2, -0.15) is 5.26 Å². The minimum Gasteiger partial charge on any atom is -0.312 e. The van der Waals surface area contributed by atoms with Crippen molar-refractivity contribution < 1.29 is 0 Å². The first-order valence-corrected chi connectivity index (χ1v) is 5.13. The molecule has 1 atom stereocenters. The maximum absolute atomic E-state index is 8.85. The molecule has 1 heterocycles. The van der Waals surface area contributed by atoms with Crippen LogP contribution in [-0.4, -0.2) is 55.6 Å². The van der Waals surface area contributed by atoms with Gasteiger partial charge >= 0.3 is 0 Å². The summed E-state index contributed by atoms with van der Waals surface area (Å²) in [6, 6.07) is 2.20. The summed E-state index contributed by atoms with van der Waals surface area (Å²) in [5.41, 5.74) is 5.28. The van der Waals surface area contributed by atoms with E-state index in [0.29, 0.717) is 0 Å². The van der Waals surface area contributed by atoms with Crippen LogP contribution in [0.25, 0.3) is 0 Å². The predicted octanol–water partition coefficient (Wildman–Crippen LogP) is -0.135. The van der Waals surface area contributed by atoms with Gasteiger partial charge in [-0.05, 0) is 40.0 Å². The fraction of sp³-hybridized carbons (Fsp3) is 0.900. The van der Waals surface area contributed by atoms with Gasteiger partial charge in [0.1, 0.15) is 5.54 Å². The third kappa shape index (κ3) is 3.26. The Balaban J connectivity index is 2.20. The number of nitrogens with two attached hydrogens (primary N) is 1. The molecule has 4 heteroatoms. The van der Waals surface area contributed by atoms with E-state index in [2.05, 4.69) is 30.0 Å². The first kappa shape index (κ1) is 11.4. The van der Waals surface area contributed by atoms with Crippen LogP contribution in [0.3, 0.4) is 0 Å². The molecule has 1 rings (SSSR count). The Morgan fingerprint density at radius 3 is 2.79 bits per heavy atom. The highest BCUT2D eigenvalue weighted by atomic mass is 15.2. The molecular formula is C10H20N4. The lowest BCUT2D eigenvalue weighted by Gasteiger charge is -2.18. The highest BCUT2D eigenvalue weighted by Crippen LogP contribution is 2.17. The van der Waals surface area contributed by atoms with Crippen molar-refractivity contribution in [3.8, 4) is 6.07 Å². The Kier molecular flexibility index (Phi) is 3.87. The van der Waals surface area contributed by atoms with Crippen molar-refractivity contribution >= 4 is 0 Å². The molecule has 1 unspecified atom stereocenters. The zero-order chi connectivity index (χ0) is 10.6. The van der Waals surface area contributed by atoms with Crippen LogP contribution >= 0.6 is 0 Å². The van der Waals surface area contributed by atoms with Crippen molar-refractivity contribution in [2.75, 3.05) is 40.3 Å². The van der Waals surface area contributed by atoms with E-state index in [0.717, 1.165) is 39.0 Å². The molecule has 1 saturated heterocycles. The van der Waals surface area contributed by atoms with Crippen molar-refractivity contribution in [1.82, 2.24) is 9.80 Å². The second-order valence-electron chi connectivity index (χ2n) is 4.45. The SMILES string of the molecule is CN(C)CCCN1CCC(N)(C#N)C1. The fourth-order valence-electron chi connectivity index (χ4n) is 1.81. The smallest absolute Gasteiger partial charge is 0.118 e. The van der Waals surface area contributed by atoms with Gasteiger partial charge in [-0.1, -0.05) is 0 Å². The average molecular weight is 196 g/mol. The molecule has 14 heavy (non-hydrogen) atoms. The Hall–Kier alpha value is -0.630. The molecule has 0 aromatic carbocycles.